The number of carbonyl (C=O) groups is 2. The number of likely N-dealkylation sites (N-methyl/N-ethyl adjacent to an activating group) is 1. The van der Waals surface area contributed by atoms with Gasteiger partial charge in [0.1, 0.15) is 12.6 Å². The molecule has 1 atom stereocenters. The molecule has 7 nitrogen and oxygen atoms in total. The van der Waals surface area contributed by atoms with Crippen LogP contribution in [0.4, 0.5) is 5.69 Å². The fraction of sp³-hybridized carbons (Fsp3) is 0.391. The summed E-state index contributed by atoms with van der Waals surface area (Å²) in [6.45, 7) is 7.32. The van der Waals surface area contributed by atoms with Crippen molar-refractivity contribution in [2.75, 3.05) is 23.7 Å². The zero-order valence-corrected chi connectivity index (χ0v) is 20.6. The number of sulfonamides is 1. The topological polar surface area (TPSA) is 86.8 Å². The standard InChI is InChI=1S/C23H30ClN3O4S/c1-6-25-23(29)18(4)26(14-19-9-7-8-16(2)12-19)22(28)15-27(32(5,30)31)20-11-10-17(3)21(24)13-20/h7-13,18H,6,14-15H2,1-5H3,(H,25,29)/t18-/m1/s1. The largest absolute Gasteiger partial charge is 0.355 e. The van der Waals surface area contributed by atoms with E-state index in [1.807, 2.05) is 31.2 Å². The first-order valence-electron chi connectivity index (χ1n) is 10.3. The minimum Gasteiger partial charge on any atom is -0.355 e. The van der Waals surface area contributed by atoms with Gasteiger partial charge in [0.2, 0.25) is 21.8 Å². The van der Waals surface area contributed by atoms with Gasteiger partial charge in [0.15, 0.2) is 0 Å². The number of hydrogen-bond acceptors (Lipinski definition) is 4. The number of nitrogens with one attached hydrogen (secondary N) is 1. The highest BCUT2D eigenvalue weighted by molar-refractivity contribution is 7.92. The maximum absolute atomic E-state index is 13.4. The lowest BCUT2D eigenvalue weighted by Gasteiger charge is -2.31. The zero-order chi connectivity index (χ0) is 24.1. The van der Waals surface area contributed by atoms with Crippen LogP contribution >= 0.6 is 11.6 Å². The Morgan fingerprint density at radius 3 is 2.38 bits per heavy atom. The molecule has 2 aromatic rings. The molecule has 0 saturated carbocycles. The molecule has 9 heteroatoms. The highest BCUT2D eigenvalue weighted by atomic mass is 35.5. The van der Waals surface area contributed by atoms with Crippen LogP contribution < -0.4 is 9.62 Å². The number of amides is 2. The Bertz CT molecular complexity index is 1090. The molecule has 0 spiro atoms. The molecule has 0 aliphatic carbocycles. The number of rotatable bonds is 9. The lowest BCUT2D eigenvalue weighted by Crippen LogP contribution is -2.51. The van der Waals surface area contributed by atoms with Gasteiger partial charge < -0.3 is 10.2 Å². The van der Waals surface area contributed by atoms with Crippen molar-refractivity contribution in [3.8, 4) is 0 Å². The predicted molar refractivity (Wildman–Crippen MR) is 128 cm³/mol. The number of aryl methyl sites for hydroxylation is 2. The van der Waals surface area contributed by atoms with E-state index in [4.69, 9.17) is 11.6 Å². The van der Waals surface area contributed by atoms with Crippen LogP contribution in [-0.4, -0.2) is 50.5 Å². The number of carbonyl (C=O) groups excluding carboxylic acids is 2. The van der Waals surface area contributed by atoms with Crippen LogP contribution in [0.25, 0.3) is 0 Å². The van der Waals surface area contributed by atoms with E-state index in [0.29, 0.717) is 11.6 Å². The van der Waals surface area contributed by atoms with E-state index in [9.17, 15) is 18.0 Å². The molecule has 0 aliphatic heterocycles. The Kier molecular flexibility index (Phi) is 8.69. The molecule has 0 bridgehead atoms. The summed E-state index contributed by atoms with van der Waals surface area (Å²) in [4.78, 5) is 27.3. The molecule has 1 N–H and O–H groups in total. The van der Waals surface area contributed by atoms with Gasteiger partial charge in [-0.05, 0) is 51.0 Å². The number of benzene rings is 2. The zero-order valence-electron chi connectivity index (χ0n) is 19.1. The van der Waals surface area contributed by atoms with Crippen molar-refractivity contribution in [1.29, 1.82) is 0 Å². The van der Waals surface area contributed by atoms with Gasteiger partial charge in [0.05, 0.1) is 11.9 Å². The van der Waals surface area contributed by atoms with Crippen molar-refractivity contribution in [2.24, 2.45) is 0 Å². The normalized spacial score (nSPS) is 12.2. The van der Waals surface area contributed by atoms with Crippen molar-refractivity contribution < 1.29 is 18.0 Å². The smallest absolute Gasteiger partial charge is 0.244 e. The van der Waals surface area contributed by atoms with Gasteiger partial charge in [-0.1, -0.05) is 47.5 Å². The van der Waals surface area contributed by atoms with E-state index in [1.165, 1.54) is 11.0 Å². The third-order valence-electron chi connectivity index (χ3n) is 5.08. The maximum Gasteiger partial charge on any atom is 0.244 e. The van der Waals surface area contributed by atoms with Gasteiger partial charge in [-0.25, -0.2) is 8.42 Å². The lowest BCUT2D eigenvalue weighted by molar-refractivity contribution is -0.139. The first kappa shape index (κ1) is 25.7. The molecule has 174 valence electrons. The average molecular weight is 480 g/mol. The van der Waals surface area contributed by atoms with Gasteiger partial charge in [0, 0.05) is 18.1 Å². The molecule has 0 heterocycles. The molecular weight excluding hydrogens is 450 g/mol. The molecule has 32 heavy (non-hydrogen) atoms. The van der Waals surface area contributed by atoms with E-state index in [0.717, 1.165) is 27.3 Å². The first-order valence-corrected chi connectivity index (χ1v) is 12.5. The van der Waals surface area contributed by atoms with E-state index in [-0.39, 0.29) is 18.1 Å². The Hall–Kier alpha value is -2.58. The summed E-state index contributed by atoms with van der Waals surface area (Å²) in [5, 5.41) is 3.12. The SMILES string of the molecule is CCNC(=O)[C@@H](C)N(Cc1cccc(C)c1)C(=O)CN(c1ccc(C)c(Cl)c1)S(C)(=O)=O. The molecule has 0 radical (unpaired) electrons. The van der Waals surface area contributed by atoms with Crippen molar-refractivity contribution in [3.05, 3.63) is 64.2 Å². The first-order chi connectivity index (χ1) is 14.9. The summed E-state index contributed by atoms with van der Waals surface area (Å²) in [5.41, 5.74) is 2.95. The Morgan fingerprint density at radius 1 is 1.12 bits per heavy atom. The fourth-order valence-electron chi connectivity index (χ4n) is 3.26. The summed E-state index contributed by atoms with van der Waals surface area (Å²) in [6, 6.07) is 11.6. The van der Waals surface area contributed by atoms with Crippen LogP contribution in [0.1, 0.15) is 30.5 Å². The summed E-state index contributed by atoms with van der Waals surface area (Å²) in [6.07, 6.45) is 1.03. The quantitative estimate of drug-likeness (QED) is 0.598. The molecule has 2 rings (SSSR count). The molecule has 0 fully saturated rings. The third kappa shape index (κ3) is 6.71. The van der Waals surface area contributed by atoms with E-state index in [2.05, 4.69) is 5.32 Å². The van der Waals surface area contributed by atoms with Gasteiger partial charge >= 0.3 is 0 Å². The number of hydrogen-bond donors (Lipinski definition) is 1. The summed E-state index contributed by atoms with van der Waals surface area (Å²) in [7, 11) is -3.79. The highest BCUT2D eigenvalue weighted by Crippen LogP contribution is 2.25. The van der Waals surface area contributed by atoms with Gasteiger partial charge in [-0.3, -0.25) is 13.9 Å². The lowest BCUT2D eigenvalue weighted by atomic mass is 10.1. The Morgan fingerprint density at radius 2 is 1.81 bits per heavy atom. The minimum absolute atomic E-state index is 0.172. The van der Waals surface area contributed by atoms with Crippen LogP contribution in [0, 0.1) is 13.8 Å². The summed E-state index contributed by atoms with van der Waals surface area (Å²) >= 11 is 6.19. The average Bonchev–Trinajstić information content (AvgIpc) is 2.71. The van der Waals surface area contributed by atoms with Crippen molar-refractivity contribution in [3.63, 3.8) is 0 Å². The Labute approximate surface area is 195 Å². The molecule has 2 amide bonds. The molecule has 0 aliphatic rings. The number of halogens is 1. The molecule has 0 aromatic heterocycles. The van der Waals surface area contributed by atoms with E-state index >= 15 is 0 Å². The van der Waals surface area contributed by atoms with E-state index in [1.54, 1.807) is 32.9 Å². The van der Waals surface area contributed by atoms with Crippen LogP contribution in [0.2, 0.25) is 5.02 Å². The predicted octanol–water partition coefficient (Wildman–Crippen LogP) is 3.28. The molecule has 2 aromatic carbocycles. The minimum atomic E-state index is -3.79. The maximum atomic E-state index is 13.4. The summed E-state index contributed by atoms with van der Waals surface area (Å²) in [5.74, 6) is -0.801. The van der Waals surface area contributed by atoms with Gasteiger partial charge in [-0.2, -0.15) is 0 Å². The molecule has 0 unspecified atom stereocenters. The van der Waals surface area contributed by atoms with Crippen LogP contribution in [0.15, 0.2) is 42.5 Å². The third-order valence-corrected chi connectivity index (χ3v) is 6.62. The van der Waals surface area contributed by atoms with Crippen molar-refractivity contribution in [2.45, 2.75) is 40.3 Å². The van der Waals surface area contributed by atoms with Crippen LogP contribution in [0.5, 0.6) is 0 Å². The molecule has 0 saturated heterocycles. The van der Waals surface area contributed by atoms with E-state index < -0.39 is 28.5 Å². The second kappa shape index (κ2) is 10.8. The second-order valence-corrected chi connectivity index (χ2v) is 10.1. The summed E-state index contributed by atoms with van der Waals surface area (Å²) < 4.78 is 26.1. The fourth-order valence-corrected chi connectivity index (χ4v) is 4.28. The Balaban J connectivity index is 2.40. The number of nitrogens with zero attached hydrogens (tertiary/aromatic N) is 2. The monoisotopic (exact) mass is 479 g/mol. The van der Waals surface area contributed by atoms with Crippen molar-refractivity contribution >= 4 is 39.1 Å². The van der Waals surface area contributed by atoms with Gasteiger partial charge in [0.25, 0.3) is 0 Å². The van der Waals surface area contributed by atoms with Crippen molar-refractivity contribution in [1.82, 2.24) is 10.2 Å². The van der Waals surface area contributed by atoms with Gasteiger partial charge in [-0.15, -0.1) is 0 Å². The second-order valence-electron chi connectivity index (χ2n) is 7.78. The number of anilines is 1. The van der Waals surface area contributed by atoms with Crippen LogP contribution in [-0.2, 0) is 26.2 Å². The molecular formula is C23H30ClN3O4S. The highest BCUT2D eigenvalue weighted by Gasteiger charge is 2.30. The van der Waals surface area contributed by atoms with Crippen LogP contribution in [0.3, 0.4) is 0 Å².